The highest BCUT2D eigenvalue weighted by atomic mass is 16.1. The Morgan fingerprint density at radius 1 is 1.38 bits per heavy atom. The Morgan fingerprint density at radius 2 is 2.31 bits per heavy atom. The number of hydrogen-bond acceptors (Lipinski definition) is 1. The van der Waals surface area contributed by atoms with Crippen LogP contribution in [0.1, 0.15) is 38.5 Å². The van der Waals surface area contributed by atoms with E-state index in [0.29, 0.717) is 5.41 Å². The summed E-state index contributed by atoms with van der Waals surface area (Å²) in [6.45, 7) is 0.979. The Balaban J connectivity index is 1.77. The van der Waals surface area contributed by atoms with E-state index >= 15 is 0 Å². The van der Waals surface area contributed by atoms with Crippen molar-refractivity contribution < 1.29 is 4.79 Å². The zero-order valence-corrected chi connectivity index (χ0v) is 8.01. The number of carbonyl (C=O) groups is 1. The molecule has 0 aromatic heterocycles. The predicted molar refractivity (Wildman–Crippen MR) is 50.1 cm³/mol. The first-order valence-corrected chi connectivity index (χ1v) is 5.57. The Bertz CT molecular complexity index is 238. The minimum absolute atomic E-state index is 0.272. The quantitative estimate of drug-likeness (QED) is 0.602. The lowest BCUT2D eigenvalue weighted by atomic mass is 9.69. The number of fused-ring (bicyclic) bond motifs is 2. The second kappa shape index (κ2) is 2.49. The molecular formula is C11H17NO. The maximum Gasteiger partial charge on any atom is 0.220 e. The Hall–Kier alpha value is -0.530. The molecule has 2 aliphatic carbocycles. The van der Waals surface area contributed by atoms with Crippen LogP contribution in [0.3, 0.4) is 0 Å². The predicted octanol–water partition coefficient (Wildman–Crippen LogP) is 1.70. The van der Waals surface area contributed by atoms with Crippen LogP contribution < -0.4 is 5.32 Å². The van der Waals surface area contributed by atoms with Gasteiger partial charge in [-0.15, -0.1) is 0 Å². The molecule has 3 fully saturated rings. The van der Waals surface area contributed by atoms with Crippen LogP contribution in [0.2, 0.25) is 0 Å². The number of hydrogen-bond donors (Lipinski definition) is 1. The molecule has 2 heteroatoms. The van der Waals surface area contributed by atoms with E-state index in [2.05, 4.69) is 5.32 Å². The SMILES string of the molecule is O=C1CCC2(CCCC3CC32)CN1. The summed E-state index contributed by atoms with van der Waals surface area (Å²) in [5.74, 6) is 2.28. The number of piperidine rings is 1. The van der Waals surface area contributed by atoms with Gasteiger partial charge in [0.05, 0.1) is 0 Å². The summed E-state index contributed by atoms with van der Waals surface area (Å²) in [4.78, 5) is 11.1. The summed E-state index contributed by atoms with van der Waals surface area (Å²) >= 11 is 0. The van der Waals surface area contributed by atoms with Gasteiger partial charge in [0.2, 0.25) is 5.91 Å². The molecule has 0 bridgehead atoms. The van der Waals surface area contributed by atoms with E-state index in [1.165, 1.54) is 32.1 Å². The molecule has 1 amide bonds. The molecule has 13 heavy (non-hydrogen) atoms. The van der Waals surface area contributed by atoms with Crippen molar-refractivity contribution in [2.45, 2.75) is 38.5 Å². The van der Waals surface area contributed by atoms with Crippen molar-refractivity contribution in [3.05, 3.63) is 0 Å². The monoisotopic (exact) mass is 179 g/mol. The zero-order valence-electron chi connectivity index (χ0n) is 8.01. The molecule has 1 N–H and O–H groups in total. The zero-order chi connectivity index (χ0) is 8.89. The number of nitrogens with one attached hydrogen (secondary N) is 1. The lowest BCUT2D eigenvalue weighted by molar-refractivity contribution is -0.125. The van der Waals surface area contributed by atoms with Gasteiger partial charge in [-0.3, -0.25) is 4.79 Å². The van der Waals surface area contributed by atoms with E-state index in [4.69, 9.17) is 0 Å². The van der Waals surface area contributed by atoms with Gasteiger partial charge in [-0.1, -0.05) is 12.8 Å². The molecule has 0 aromatic carbocycles. The van der Waals surface area contributed by atoms with Crippen LogP contribution in [-0.4, -0.2) is 12.5 Å². The van der Waals surface area contributed by atoms with E-state index in [0.717, 1.165) is 24.8 Å². The first kappa shape index (κ1) is 7.84. The molecule has 2 saturated carbocycles. The summed E-state index contributed by atoms with van der Waals surface area (Å²) < 4.78 is 0. The van der Waals surface area contributed by atoms with Gasteiger partial charge in [-0.2, -0.15) is 0 Å². The van der Waals surface area contributed by atoms with Gasteiger partial charge in [0.25, 0.3) is 0 Å². The van der Waals surface area contributed by atoms with Crippen molar-refractivity contribution in [2.24, 2.45) is 17.3 Å². The maximum atomic E-state index is 11.1. The van der Waals surface area contributed by atoms with Crippen LogP contribution in [-0.2, 0) is 4.79 Å². The third-order valence-electron chi connectivity index (χ3n) is 4.45. The smallest absolute Gasteiger partial charge is 0.220 e. The van der Waals surface area contributed by atoms with E-state index < -0.39 is 0 Å². The number of amides is 1. The van der Waals surface area contributed by atoms with E-state index in [9.17, 15) is 4.79 Å². The summed E-state index contributed by atoms with van der Waals surface area (Å²) in [6.07, 6.45) is 7.63. The summed E-state index contributed by atoms with van der Waals surface area (Å²) in [7, 11) is 0. The largest absolute Gasteiger partial charge is 0.356 e. The maximum absolute atomic E-state index is 11.1. The van der Waals surface area contributed by atoms with Crippen molar-refractivity contribution in [1.29, 1.82) is 0 Å². The Labute approximate surface area is 79.1 Å². The lowest BCUT2D eigenvalue weighted by Crippen LogP contribution is -2.45. The van der Waals surface area contributed by atoms with Crippen LogP contribution in [0.25, 0.3) is 0 Å². The highest BCUT2D eigenvalue weighted by Crippen LogP contribution is 2.61. The van der Waals surface area contributed by atoms with Crippen LogP contribution in [0, 0.1) is 17.3 Å². The molecule has 3 unspecified atom stereocenters. The number of carbonyl (C=O) groups excluding carboxylic acids is 1. The molecule has 3 rings (SSSR count). The first-order valence-electron chi connectivity index (χ1n) is 5.57. The molecule has 2 nitrogen and oxygen atoms in total. The first-order chi connectivity index (χ1) is 6.30. The summed E-state index contributed by atoms with van der Waals surface area (Å²) in [5.41, 5.74) is 0.539. The lowest BCUT2D eigenvalue weighted by Gasteiger charge is -2.40. The van der Waals surface area contributed by atoms with Crippen LogP contribution in [0.4, 0.5) is 0 Å². The topological polar surface area (TPSA) is 29.1 Å². The van der Waals surface area contributed by atoms with Crippen molar-refractivity contribution in [3.63, 3.8) is 0 Å². The minimum Gasteiger partial charge on any atom is -0.356 e. The van der Waals surface area contributed by atoms with Gasteiger partial charge in [-0.05, 0) is 36.5 Å². The fraction of sp³-hybridized carbons (Fsp3) is 0.909. The molecule has 72 valence electrons. The normalized spacial score (nSPS) is 48.5. The summed E-state index contributed by atoms with van der Waals surface area (Å²) in [6, 6.07) is 0. The molecule has 1 spiro atoms. The van der Waals surface area contributed by atoms with Crippen LogP contribution >= 0.6 is 0 Å². The van der Waals surface area contributed by atoms with E-state index in [1.54, 1.807) is 0 Å². The van der Waals surface area contributed by atoms with Crippen molar-refractivity contribution in [1.82, 2.24) is 5.32 Å². The van der Waals surface area contributed by atoms with E-state index in [1.807, 2.05) is 0 Å². The van der Waals surface area contributed by atoms with Crippen LogP contribution in [0.15, 0.2) is 0 Å². The number of rotatable bonds is 0. The minimum atomic E-state index is 0.272. The molecule has 1 heterocycles. The molecular weight excluding hydrogens is 162 g/mol. The van der Waals surface area contributed by atoms with E-state index in [-0.39, 0.29) is 5.91 Å². The van der Waals surface area contributed by atoms with Gasteiger partial charge >= 0.3 is 0 Å². The highest BCUT2D eigenvalue weighted by molar-refractivity contribution is 5.76. The standard InChI is InChI=1S/C11H17NO/c13-10-3-5-11(7-12-10)4-1-2-8-6-9(8)11/h8-9H,1-7H2,(H,12,13). The molecule has 0 radical (unpaired) electrons. The molecule has 3 atom stereocenters. The molecule has 1 saturated heterocycles. The third-order valence-corrected chi connectivity index (χ3v) is 4.45. The fourth-order valence-corrected chi connectivity index (χ4v) is 3.56. The van der Waals surface area contributed by atoms with Crippen molar-refractivity contribution in [3.8, 4) is 0 Å². The highest BCUT2D eigenvalue weighted by Gasteiger charge is 2.55. The average Bonchev–Trinajstić information content (AvgIpc) is 2.91. The third kappa shape index (κ3) is 1.11. The van der Waals surface area contributed by atoms with Gasteiger partial charge in [0.15, 0.2) is 0 Å². The van der Waals surface area contributed by atoms with Gasteiger partial charge < -0.3 is 5.32 Å². The Morgan fingerprint density at radius 3 is 3.08 bits per heavy atom. The van der Waals surface area contributed by atoms with Gasteiger partial charge in [0, 0.05) is 13.0 Å². The Kier molecular flexibility index (Phi) is 1.50. The fourth-order valence-electron chi connectivity index (χ4n) is 3.56. The summed E-state index contributed by atoms with van der Waals surface area (Å²) in [5, 5.41) is 3.06. The second-order valence-corrected chi connectivity index (χ2v) is 5.13. The molecule has 1 aliphatic heterocycles. The van der Waals surface area contributed by atoms with Crippen molar-refractivity contribution in [2.75, 3.05) is 6.54 Å². The molecule has 0 aromatic rings. The average molecular weight is 179 g/mol. The van der Waals surface area contributed by atoms with Gasteiger partial charge in [-0.25, -0.2) is 0 Å². The van der Waals surface area contributed by atoms with Crippen molar-refractivity contribution >= 4 is 5.91 Å². The molecule has 3 aliphatic rings. The van der Waals surface area contributed by atoms with Crippen LogP contribution in [0.5, 0.6) is 0 Å². The van der Waals surface area contributed by atoms with Gasteiger partial charge in [0.1, 0.15) is 0 Å². The second-order valence-electron chi connectivity index (χ2n) is 5.13.